The van der Waals surface area contributed by atoms with Crippen molar-refractivity contribution in [1.82, 2.24) is 14.9 Å². The minimum Gasteiger partial charge on any atom is -0.496 e. The van der Waals surface area contributed by atoms with E-state index in [-0.39, 0.29) is 5.56 Å². The van der Waals surface area contributed by atoms with E-state index in [1.165, 1.54) is 7.11 Å². The highest BCUT2D eigenvalue weighted by Gasteiger charge is 2.30. The van der Waals surface area contributed by atoms with Gasteiger partial charge in [-0.3, -0.25) is 4.90 Å². The summed E-state index contributed by atoms with van der Waals surface area (Å²) in [6.07, 6.45) is 0. The van der Waals surface area contributed by atoms with E-state index in [0.29, 0.717) is 11.7 Å². The number of aromatic amines is 1. The summed E-state index contributed by atoms with van der Waals surface area (Å²) in [5.74, 6) is 0.838. The Morgan fingerprint density at radius 2 is 2.12 bits per heavy atom. The number of carbonyl (C=O) groups is 1. The van der Waals surface area contributed by atoms with Crippen molar-refractivity contribution in [2.24, 2.45) is 0 Å². The maximum Gasteiger partial charge on any atom is 0.339 e. The number of carboxylic acids is 1. The number of aromatic nitrogens is 2. The van der Waals surface area contributed by atoms with Crippen molar-refractivity contribution in [3.05, 3.63) is 59.4 Å². The number of rotatable bonds is 5. The largest absolute Gasteiger partial charge is 0.496 e. The Hall–Kier alpha value is -2.86. The molecule has 0 saturated carbocycles. The lowest BCUT2D eigenvalue weighted by Gasteiger charge is -2.38. The first-order chi connectivity index (χ1) is 12.1. The molecule has 3 aromatic rings. The van der Waals surface area contributed by atoms with Gasteiger partial charge in [0.25, 0.3) is 0 Å². The number of methoxy groups -OCH3 is 1. The normalized spacial score (nSPS) is 15.2. The highest BCUT2D eigenvalue weighted by atomic mass is 16.5. The number of ether oxygens (including phenoxy) is 1. The maximum atomic E-state index is 11.3. The first kappa shape index (κ1) is 15.7. The van der Waals surface area contributed by atoms with Crippen LogP contribution in [-0.4, -0.2) is 46.1 Å². The minimum atomic E-state index is -0.970. The highest BCUT2D eigenvalue weighted by molar-refractivity contribution is 5.91. The Morgan fingerprint density at radius 3 is 2.84 bits per heavy atom. The fourth-order valence-electron chi connectivity index (χ4n) is 3.32. The van der Waals surface area contributed by atoms with Crippen molar-refractivity contribution in [2.45, 2.75) is 12.5 Å². The number of H-pyrrole nitrogens is 1. The van der Waals surface area contributed by atoms with Gasteiger partial charge in [0.05, 0.1) is 18.1 Å². The molecule has 0 radical (unpaired) electrons. The fourth-order valence-corrected chi connectivity index (χ4v) is 3.32. The van der Waals surface area contributed by atoms with Crippen molar-refractivity contribution in [1.29, 1.82) is 0 Å². The molecule has 6 heteroatoms. The fraction of sp³-hybridized carbons (Fsp3) is 0.263. The monoisotopic (exact) mass is 337 g/mol. The molecule has 1 aromatic heterocycles. The number of fused-ring (bicyclic) bond motifs is 1. The SMILES string of the molecule is COc1ccc(CN2CC(c3nc4ccccc4[nH]3)C2)cc1C(=O)O. The van der Waals surface area contributed by atoms with Crippen LogP contribution in [0.1, 0.15) is 27.7 Å². The van der Waals surface area contributed by atoms with Crippen LogP contribution >= 0.6 is 0 Å². The molecular weight excluding hydrogens is 318 g/mol. The van der Waals surface area contributed by atoms with Gasteiger partial charge in [-0.25, -0.2) is 9.78 Å². The number of para-hydroxylation sites is 2. The Bertz CT molecular complexity index is 896. The Morgan fingerprint density at radius 1 is 1.32 bits per heavy atom. The summed E-state index contributed by atoms with van der Waals surface area (Å²) >= 11 is 0. The summed E-state index contributed by atoms with van der Waals surface area (Å²) in [7, 11) is 1.48. The number of benzene rings is 2. The number of hydrogen-bond donors (Lipinski definition) is 2. The first-order valence-corrected chi connectivity index (χ1v) is 8.21. The first-order valence-electron chi connectivity index (χ1n) is 8.21. The smallest absolute Gasteiger partial charge is 0.339 e. The van der Waals surface area contributed by atoms with Crippen molar-refractivity contribution in [3.8, 4) is 5.75 Å². The predicted octanol–water partition coefficient (Wildman–Crippen LogP) is 2.87. The van der Waals surface area contributed by atoms with E-state index in [9.17, 15) is 9.90 Å². The van der Waals surface area contributed by atoms with Gasteiger partial charge in [-0.2, -0.15) is 0 Å². The number of carboxylic acid groups (broad SMARTS) is 1. The van der Waals surface area contributed by atoms with Gasteiger partial charge in [-0.1, -0.05) is 18.2 Å². The van der Waals surface area contributed by atoms with E-state index >= 15 is 0 Å². The van der Waals surface area contributed by atoms with Gasteiger partial charge < -0.3 is 14.8 Å². The Balaban J connectivity index is 1.43. The molecule has 1 aliphatic heterocycles. The van der Waals surface area contributed by atoms with Gasteiger partial charge in [0.2, 0.25) is 0 Å². The van der Waals surface area contributed by atoms with Crippen LogP contribution in [0.3, 0.4) is 0 Å². The molecule has 0 aliphatic carbocycles. The summed E-state index contributed by atoms with van der Waals surface area (Å²) in [6.45, 7) is 2.55. The van der Waals surface area contributed by atoms with Crippen molar-refractivity contribution < 1.29 is 14.6 Å². The second kappa shape index (κ2) is 6.22. The van der Waals surface area contributed by atoms with Crippen LogP contribution in [0.4, 0.5) is 0 Å². The molecule has 0 atom stereocenters. The van der Waals surface area contributed by atoms with E-state index in [0.717, 1.165) is 42.1 Å². The zero-order chi connectivity index (χ0) is 17.4. The van der Waals surface area contributed by atoms with E-state index in [2.05, 4.69) is 14.9 Å². The van der Waals surface area contributed by atoms with Crippen LogP contribution in [-0.2, 0) is 6.54 Å². The number of hydrogen-bond acceptors (Lipinski definition) is 4. The number of nitrogens with zero attached hydrogens (tertiary/aromatic N) is 2. The molecule has 1 fully saturated rings. The van der Waals surface area contributed by atoms with Gasteiger partial charge in [-0.05, 0) is 29.8 Å². The second-order valence-corrected chi connectivity index (χ2v) is 6.37. The summed E-state index contributed by atoms with van der Waals surface area (Å²) in [6, 6.07) is 13.4. The molecule has 6 nitrogen and oxygen atoms in total. The lowest BCUT2D eigenvalue weighted by molar-refractivity contribution is 0.0693. The number of nitrogens with one attached hydrogen (secondary N) is 1. The molecule has 25 heavy (non-hydrogen) atoms. The highest BCUT2D eigenvalue weighted by Crippen LogP contribution is 2.29. The van der Waals surface area contributed by atoms with E-state index in [4.69, 9.17) is 4.74 Å². The predicted molar refractivity (Wildman–Crippen MR) is 94.1 cm³/mol. The summed E-state index contributed by atoms with van der Waals surface area (Å²) < 4.78 is 5.10. The quantitative estimate of drug-likeness (QED) is 0.748. The topological polar surface area (TPSA) is 78.5 Å². The van der Waals surface area contributed by atoms with E-state index in [1.807, 2.05) is 30.3 Å². The molecule has 0 unspecified atom stereocenters. The molecular formula is C19H19N3O3. The van der Waals surface area contributed by atoms with Gasteiger partial charge >= 0.3 is 5.97 Å². The number of likely N-dealkylation sites (tertiary alicyclic amines) is 1. The van der Waals surface area contributed by atoms with Crippen LogP contribution in [0.2, 0.25) is 0 Å². The second-order valence-electron chi connectivity index (χ2n) is 6.37. The lowest BCUT2D eigenvalue weighted by atomic mass is 9.98. The molecule has 128 valence electrons. The third-order valence-corrected chi connectivity index (χ3v) is 4.65. The average Bonchev–Trinajstić information content (AvgIpc) is 3.00. The molecule has 2 aromatic carbocycles. The summed E-state index contributed by atoms with van der Waals surface area (Å²) in [4.78, 5) is 21.7. The molecule has 1 saturated heterocycles. The molecule has 1 aliphatic rings. The van der Waals surface area contributed by atoms with Crippen LogP contribution < -0.4 is 4.74 Å². The number of imidazole rings is 1. The molecule has 0 amide bonds. The van der Waals surface area contributed by atoms with E-state index < -0.39 is 5.97 Å². The van der Waals surface area contributed by atoms with Crippen LogP contribution in [0.15, 0.2) is 42.5 Å². The molecule has 2 heterocycles. The zero-order valence-electron chi connectivity index (χ0n) is 13.9. The maximum absolute atomic E-state index is 11.3. The molecule has 2 N–H and O–H groups in total. The summed E-state index contributed by atoms with van der Waals surface area (Å²) in [5, 5.41) is 9.28. The zero-order valence-corrected chi connectivity index (χ0v) is 13.9. The van der Waals surface area contributed by atoms with Gasteiger partial charge in [0, 0.05) is 25.6 Å². The standard InChI is InChI=1S/C19H19N3O3/c1-25-17-7-6-12(8-14(17)19(23)24)9-22-10-13(11-22)18-20-15-4-2-3-5-16(15)21-18/h2-8,13H,9-11H2,1H3,(H,20,21)(H,23,24). The summed E-state index contributed by atoms with van der Waals surface area (Å²) in [5.41, 5.74) is 3.24. The van der Waals surface area contributed by atoms with Crippen LogP contribution in [0.25, 0.3) is 11.0 Å². The third kappa shape index (κ3) is 2.96. The molecule has 4 rings (SSSR count). The molecule has 0 spiro atoms. The van der Waals surface area contributed by atoms with Crippen molar-refractivity contribution in [2.75, 3.05) is 20.2 Å². The van der Waals surface area contributed by atoms with Gasteiger partial charge in [-0.15, -0.1) is 0 Å². The van der Waals surface area contributed by atoms with Crippen LogP contribution in [0.5, 0.6) is 5.75 Å². The lowest BCUT2D eigenvalue weighted by Crippen LogP contribution is -2.44. The Kier molecular flexibility index (Phi) is 3.89. The molecule has 0 bridgehead atoms. The van der Waals surface area contributed by atoms with Crippen molar-refractivity contribution >= 4 is 17.0 Å². The Labute approximate surface area is 145 Å². The third-order valence-electron chi connectivity index (χ3n) is 4.65. The average molecular weight is 337 g/mol. The van der Waals surface area contributed by atoms with Crippen molar-refractivity contribution in [3.63, 3.8) is 0 Å². The van der Waals surface area contributed by atoms with Gasteiger partial charge in [0.15, 0.2) is 0 Å². The van der Waals surface area contributed by atoms with Crippen LogP contribution in [0, 0.1) is 0 Å². The van der Waals surface area contributed by atoms with Gasteiger partial charge in [0.1, 0.15) is 17.1 Å². The minimum absolute atomic E-state index is 0.203. The van der Waals surface area contributed by atoms with E-state index in [1.54, 1.807) is 12.1 Å². The number of aromatic carboxylic acids is 1.